The first-order valence-corrected chi connectivity index (χ1v) is 4.27. The van der Waals surface area contributed by atoms with Crippen LogP contribution in [0.5, 0.6) is 0 Å². The van der Waals surface area contributed by atoms with Crippen LogP contribution in [0.2, 0.25) is 0 Å². The second-order valence-electron chi connectivity index (χ2n) is 2.78. The van der Waals surface area contributed by atoms with Crippen molar-refractivity contribution in [1.82, 2.24) is 0 Å². The first-order valence-electron chi connectivity index (χ1n) is 4.27. The van der Waals surface area contributed by atoms with Gasteiger partial charge in [0.25, 0.3) is 0 Å². The summed E-state index contributed by atoms with van der Waals surface area (Å²) < 4.78 is 0. The van der Waals surface area contributed by atoms with E-state index in [2.05, 4.69) is 5.32 Å². The summed E-state index contributed by atoms with van der Waals surface area (Å²) in [5.74, 6) is 0. The summed E-state index contributed by atoms with van der Waals surface area (Å²) in [6, 6.07) is 19.9. The molecule has 0 bridgehead atoms. The Morgan fingerprint density at radius 3 is 1.31 bits per heavy atom. The third kappa shape index (κ3) is 2.09. The summed E-state index contributed by atoms with van der Waals surface area (Å²) in [7, 11) is 0. The molecule has 2 aromatic carbocycles. The minimum Gasteiger partial charge on any atom is -0.658 e. The Bertz CT molecular complexity index is 316. The largest absolute Gasteiger partial charge is 0.658 e. The SMILES string of the molecule is c1ccc([N-]c2ccccc2)cc1. The third-order valence-corrected chi connectivity index (χ3v) is 1.77. The highest BCUT2D eigenvalue weighted by molar-refractivity contribution is 5.65. The molecule has 0 saturated carbocycles. The summed E-state index contributed by atoms with van der Waals surface area (Å²) in [6.07, 6.45) is 0. The molecule has 0 aliphatic rings. The van der Waals surface area contributed by atoms with Gasteiger partial charge in [0.1, 0.15) is 0 Å². The number of para-hydroxylation sites is 2. The highest BCUT2D eigenvalue weighted by atomic mass is 14.9. The van der Waals surface area contributed by atoms with Crippen LogP contribution in [0.15, 0.2) is 60.7 Å². The molecule has 0 saturated heterocycles. The van der Waals surface area contributed by atoms with Crippen molar-refractivity contribution in [3.05, 3.63) is 66.0 Å². The number of nitrogens with zero attached hydrogens (tertiary/aromatic N) is 1. The van der Waals surface area contributed by atoms with E-state index in [4.69, 9.17) is 0 Å². The molecule has 0 radical (unpaired) electrons. The molecule has 0 atom stereocenters. The second kappa shape index (κ2) is 3.76. The van der Waals surface area contributed by atoms with Crippen LogP contribution < -0.4 is 0 Å². The van der Waals surface area contributed by atoms with Gasteiger partial charge >= 0.3 is 0 Å². The first kappa shape index (κ1) is 7.87. The van der Waals surface area contributed by atoms with Crippen LogP contribution in [0.1, 0.15) is 0 Å². The highest BCUT2D eigenvalue weighted by Gasteiger charge is 1.77. The van der Waals surface area contributed by atoms with E-state index in [9.17, 15) is 0 Å². The zero-order chi connectivity index (χ0) is 8.93. The predicted octanol–water partition coefficient (Wildman–Crippen LogP) is 4.02. The van der Waals surface area contributed by atoms with Crippen molar-refractivity contribution in [3.8, 4) is 0 Å². The topological polar surface area (TPSA) is 14.1 Å². The molecule has 0 unspecified atom stereocenters. The van der Waals surface area contributed by atoms with Gasteiger partial charge in [0, 0.05) is 0 Å². The maximum Gasteiger partial charge on any atom is -0.0624 e. The highest BCUT2D eigenvalue weighted by Crippen LogP contribution is 2.28. The minimum atomic E-state index is 0.994. The smallest absolute Gasteiger partial charge is 0.0624 e. The number of hydrogen-bond acceptors (Lipinski definition) is 0. The molecule has 0 fully saturated rings. The maximum absolute atomic E-state index is 4.44. The van der Waals surface area contributed by atoms with Crippen molar-refractivity contribution in [3.63, 3.8) is 0 Å². The summed E-state index contributed by atoms with van der Waals surface area (Å²) in [5.41, 5.74) is 1.99. The van der Waals surface area contributed by atoms with Crippen LogP contribution in [0.25, 0.3) is 5.32 Å². The van der Waals surface area contributed by atoms with Crippen LogP contribution in [0.4, 0.5) is 11.4 Å². The average molecular weight is 168 g/mol. The normalized spacial score (nSPS) is 9.54. The number of rotatable bonds is 2. The van der Waals surface area contributed by atoms with Crippen LogP contribution in [-0.2, 0) is 0 Å². The summed E-state index contributed by atoms with van der Waals surface area (Å²) in [5, 5.41) is 4.44. The Morgan fingerprint density at radius 1 is 0.538 bits per heavy atom. The van der Waals surface area contributed by atoms with Crippen LogP contribution >= 0.6 is 0 Å². The van der Waals surface area contributed by atoms with Crippen molar-refractivity contribution < 1.29 is 0 Å². The van der Waals surface area contributed by atoms with E-state index in [1.54, 1.807) is 0 Å². The molecular formula is C12H10N-. The van der Waals surface area contributed by atoms with E-state index in [1.165, 1.54) is 0 Å². The molecule has 0 spiro atoms. The van der Waals surface area contributed by atoms with Crippen molar-refractivity contribution in [2.24, 2.45) is 0 Å². The Morgan fingerprint density at radius 2 is 0.923 bits per heavy atom. The molecule has 0 heterocycles. The quantitative estimate of drug-likeness (QED) is 0.643. The Kier molecular flexibility index (Phi) is 2.28. The fraction of sp³-hybridized carbons (Fsp3) is 0. The van der Waals surface area contributed by atoms with Gasteiger partial charge in [-0.2, -0.15) is 0 Å². The molecule has 2 aromatic rings. The molecule has 1 nitrogen and oxygen atoms in total. The number of benzene rings is 2. The zero-order valence-corrected chi connectivity index (χ0v) is 7.22. The van der Waals surface area contributed by atoms with Gasteiger partial charge in [0.2, 0.25) is 0 Å². The monoisotopic (exact) mass is 168 g/mol. The third-order valence-electron chi connectivity index (χ3n) is 1.77. The van der Waals surface area contributed by atoms with Crippen molar-refractivity contribution in [2.75, 3.05) is 0 Å². The van der Waals surface area contributed by atoms with E-state index < -0.39 is 0 Å². The maximum atomic E-state index is 4.44. The zero-order valence-electron chi connectivity index (χ0n) is 7.22. The van der Waals surface area contributed by atoms with Gasteiger partial charge in [-0.1, -0.05) is 60.7 Å². The molecule has 2 rings (SSSR count). The molecular weight excluding hydrogens is 158 g/mol. The van der Waals surface area contributed by atoms with Crippen molar-refractivity contribution in [1.29, 1.82) is 0 Å². The molecule has 0 aliphatic heterocycles. The summed E-state index contributed by atoms with van der Waals surface area (Å²) >= 11 is 0. The molecule has 1 heteroatoms. The fourth-order valence-electron chi connectivity index (χ4n) is 1.15. The Balaban J connectivity index is 2.16. The Hall–Kier alpha value is -1.76. The average Bonchev–Trinajstić information content (AvgIpc) is 2.21. The van der Waals surface area contributed by atoms with Crippen molar-refractivity contribution >= 4 is 11.4 Å². The molecule has 0 amide bonds. The van der Waals surface area contributed by atoms with Crippen molar-refractivity contribution in [2.45, 2.75) is 0 Å². The second-order valence-corrected chi connectivity index (χ2v) is 2.78. The summed E-state index contributed by atoms with van der Waals surface area (Å²) in [6.45, 7) is 0. The predicted molar refractivity (Wildman–Crippen MR) is 55.6 cm³/mol. The van der Waals surface area contributed by atoms with Crippen LogP contribution in [0.3, 0.4) is 0 Å². The molecule has 13 heavy (non-hydrogen) atoms. The van der Waals surface area contributed by atoms with E-state index in [0.717, 1.165) is 11.4 Å². The standard InChI is InChI=1S/C12H10N/c1-3-7-11(8-4-1)13-12-9-5-2-6-10-12/h1-10H/q-1. The molecule has 64 valence electrons. The minimum absolute atomic E-state index is 0.994. The van der Waals surface area contributed by atoms with Gasteiger partial charge in [0.15, 0.2) is 0 Å². The first-order chi connectivity index (χ1) is 6.45. The lowest BCUT2D eigenvalue weighted by Crippen LogP contribution is -1.66. The van der Waals surface area contributed by atoms with Gasteiger partial charge in [-0.05, 0) is 0 Å². The lowest BCUT2D eigenvalue weighted by atomic mass is 10.3. The number of hydrogen-bond donors (Lipinski definition) is 0. The van der Waals surface area contributed by atoms with Gasteiger partial charge in [-0.15, -0.1) is 11.4 Å². The van der Waals surface area contributed by atoms with Crippen LogP contribution in [0, 0.1) is 0 Å². The van der Waals surface area contributed by atoms with E-state index >= 15 is 0 Å². The van der Waals surface area contributed by atoms with Crippen LogP contribution in [-0.4, -0.2) is 0 Å². The van der Waals surface area contributed by atoms with Gasteiger partial charge in [-0.3, -0.25) is 0 Å². The van der Waals surface area contributed by atoms with E-state index in [1.807, 2.05) is 60.7 Å². The van der Waals surface area contributed by atoms with Gasteiger partial charge in [-0.25, -0.2) is 0 Å². The molecule has 0 aromatic heterocycles. The lowest BCUT2D eigenvalue weighted by molar-refractivity contribution is 1.62. The van der Waals surface area contributed by atoms with Gasteiger partial charge < -0.3 is 5.32 Å². The van der Waals surface area contributed by atoms with E-state index in [-0.39, 0.29) is 0 Å². The van der Waals surface area contributed by atoms with Gasteiger partial charge in [0.05, 0.1) is 0 Å². The molecule has 0 aliphatic carbocycles. The molecule has 0 N–H and O–H groups in total. The lowest BCUT2D eigenvalue weighted by Gasteiger charge is -2.21. The summed E-state index contributed by atoms with van der Waals surface area (Å²) in [4.78, 5) is 0. The fourth-order valence-corrected chi connectivity index (χ4v) is 1.15. The Labute approximate surface area is 78.0 Å². The van der Waals surface area contributed by atoms with E-state index in [0.29, 0.717) is 0 Å².